The lowest BCUT2D eigenvalue weighted by Crippen LogP contribution is -2.15. The number of hydrogen-bond acceptors (Lipinski definition) is 4. The van der Waals surface area contributed by atoms with Crippen LogP contribution in [0.25, 0.3) is 10.9 Å². The van der Waals surface area contributed by atoms with Crippen LogP contribution in [-0.4, -0.2) is 29.1 Å². The molecule has 2 rings (SSSR count). The first-order chi connectivity index (χ1) is 10.0. The van der Waals surface area contributed by atoms with Gasteiger partial charge in [0.15, 0.2) is 0 Å². The van der Waals surface area contributed by atoms with Gasteiger partial charge >= 0.3 is 11.9 Å². The Morgan fingerprint density at radius 1 is 1.38 bits per heavy atom. The molecule has 1 heterocycles. The number of fused-ring (bicyclic) bond motifs is 1. The van der Waals surface area contributed by atoms with Crippen molar-refractivity contribution in [1.29, 1.82) is 0 Å². The fourth-order valence-electron chi connectivity index (χ4n) is 1.75. The number of carbonyl (C=O) groups excluding carboxylic acids is 1. The van der Waals surface area contributed by atoms with Gasteiger partial charge in [0.2, 0.25) is 5.43 Å². The highest BCUT2D eigenvalue weighted by Crippen LogP contribution is 2.10. The maximum Gasteiger partial charge on any atom is 0.341 e. The highest BCUT2D eigenvalue weighted by atomic mass is 16.5. The molecule has 1 aromatic carbocycles. The number of carboxylic acid groups (broad SMARTS) is 1. The number of H-pyrrole nitrogens is 1. The average Bonchev–Trinajstić information content (AvgIpc) is 2.47. The Hall–Kier alpha value is -3.07. The van der Waals surface area contributed by atoms with Gasteiger partial charge in [0.25, 0.3) is 0 Å². The molecule has 0 fully saturated rings. The monoisotopic (exact) mass is 285 g/mol. The van der Waals surface area contributed by atoms with E-state index < -0.39 is 17.4 Å². The van der Waals surface area contributed by atoms with Crippen LogP contribution >= 0.6 is 0 Å². The second-order valence-corrected chi connectivity index (χ2v) is 4.15. The maximum atomic E-state index is 11.9. The van der Waals surface area contributed by atoms with Crippen molar-refractivity contribution in [3.8, 4) is 11.8 Å². The number of pyridine rings is 1. The lowest BCUT2D eigenvalue weighted by atomic mass is 10.1. The minimum absolute atomic E-state index is 0.0248. The van der Waals surface area contributed by atoms with Crippen molar-refractivity contribution >= 4 is 22.8 Å². The number of carboxylic acids is 1. The van der Waals surface area contributed by atoms with Gasteiger partial charge in [-0.2, -0.15) is 0 Å². The topological polar surface area (TPSA) is 96.5 Å². The number of nitrogens with one attached hydrogen (secondary N) is 1. The summed E-state index contributed by atoms with van der Waals surface area (Å²) in [5.74, 6) is 3.71. The molecule has 2 aromatic rings. The largest absolute Gasteiger partial charge is 0.477 e. The van der Waals surface area contributed by atoms with E-state index in [2.05, 4.69) is 21.6 Å². The number of ether oxygens (including phenoxy) is 1. The fraction of sp³-hybridized carbons (Fsp3) is 0.133. The number of aromatic carboxylic acids is 1. The number of carbonyl (C=O) groups is 2. The van der Waals surface area contributed by atoms with E-state index >= 15 is 0 Å². The summed E-state index contributed by atoms with van der Waals surface area (Å²) in [7, 11) is 1.28. The number of esters is 1. The van der Waals surface area contributed by atoms with Crippen molar-refractivity contribution in [3.63, 3.8) is 0 Å². The van der Waals surface area contributed by atoms with Crippen molar-refractivity contribution in [2.75, 3.05) is 7.11 Å². The highest BCUT2D eigenvalue weighted by molar-refractivity contribution is 5.92. The molecule has 1 aromatic heterocycles. The lowest BCUT2D eigenvalue weighted by Gasteiger charge is -2.00. The van der Waals surface area contributed by atoms with Gasteiger partial charge in [0.1, 0.15) is 12.0 Å². The number of aromatic nitrogens is 1. The van der Waals surface area contributed by atoms with E-state index in [0.717, 1.165) is 6.20 Å². The summed E-state index contributed by atoms with van der Waals surface area (Å²) in [6.07, 6.45) is 1.13. The SMILES string of the molecule is COC(=O)CC#Cc1ccc2c(=O)c(C(=O)O)c[nH]c2c1. The normalized spacial score (nSPS) is 9.76. The second kappa shape index (κ2) is 5.92. The summed E-state index contributed by atoms with van der Waals surface area (Å²) in [6.45, 7) is 0. The molecule has 0 aliphatic heterocycles. The molecular formula is C15H11NO5. The van der Waals surface area contributed by atoms with Gasteiger partial charge in [-0.1, -0.05) is 11.8 Å². The summed E-state index contributed by atoms with van der Waals surface area (Å²) in [4.78, 5) is 36.5. The van der Waals surface area contributed by atoms with Crippen LogP contribution in [0, 0.1) is 11.8 Å². The predicted octanol–water partition coefficient (Wildman–Crippen LogP) is 1.14. The Bertz CT molecular complexity index is 838. The minimum atomic E-state index is -1.28. The summed E-state index contributed by atoms with van der Waals surface area (Å²) >= 11 is 0. The van der Waals surface area contributed by atoms with E-state index in [1.54, 1.807) is 12.1 Å². The lowest BCUT2D eigenvalue weighted by molar-refractivity contribution is -0.139. The van der Waals surface area contributed by atoms with Gasteiger partial charge in [0.05, 0.1) is 12.6 Å². The van der Waals surface area contributed by atoms with Gasteiger partial charge in [0, 0.05) is 17.1 Å². The Morgan fingerprint density at radius 3 is 2.81 bits per heavy atom. The number of aromatic amines is 1. The minimum Gasteiger partial charge on any atom is -0.477 e. The second-order valence-electron chi connectivity index (χ2n) is 4.15. The molecule has 106 valence electrons. The smallest absolute Gasteiger partial charge is 0.341 e. The summed E-state index contributed by atoms with van der Waals surface area (Å²) < 4.78 is 4.47. The van der Waals surface area contributed by atoms with Crippen LogP contribution in [0.15, 0.2) is 29.2 Å². The van der Waals surface area contributed by atoms with Crippen molar-refractivity contribution in [2.24, 2.45) is 0 Å². The first-order valence-corrected chi connectivity index (χ1v) is 5.97. The van der Waals surface area contributed by atoms with Gasteiger partial charge in [-0.05, 0) is 18.2 Å². The van der Waals surface area contributed by atoms with Crippen LogP contribution in [0.4, 0.5) is 0 Å². The number of methoxy groups -OCH3 is 1. The molecule has 0 aliphatic rings. The van der Waals surface area contributed by atoms with Crippen molar-refractivity contribution in [2.45, 2.75) is 6.42 Å². The highest BCUT2D eigenvalue weighted by Gasteiger charge is 2.11. The first-order valence-electron chi connectivity index (χ1n) is 5.97. The standard InChI is InChI=1S/C15H11NO5/c1-21-13(17)4-2-3-9-5-6-10-12(7-9)16-8-11(14(10)18)15(19)20/h5-8H,4H2,1H3,(H,16,18)(H,19,20). The first kappa shape index (κ1) is 14.3. The van der Waals surface area contributed by atoms with E-state index in [1.807, 2.05) is 0 Å². The molecule has 6 nitrogen and oxygen atoms in total. The van der Waals surface area contributed by atoms with Gasteiger partial charge < -0.3 is 14.8 Å². The third-order valence-corrected chi connectivity index (χ3v) is 2.80. The molecule has 0 amide bonds. The third kappa shape index (κ3) is 3.09. The summed E-state index contributed by atoms with van der Waals surface area (Å²) in [6, 6.07) is 4.71. The van der Waals surface area contributed by atoms with Crippen LogP contribution in [0.1, 0.15) is 22.3 Å². The van der Waals surface area contributed by atoms with Gasteiger partial charge in [-0.15, -0.1) is 0 Å². The number of benzene rings is 1. The Labute approximate surface area is 119 Å². The molecule has 6 heteroatoms. The fourth-order valence-corrected chi connectivity index (χ4v) is 1.75. The van der Waals surface area contributed by atoms with Crippen molar-refractivity contribution in [1.82, 2.24) is 4.98 Å². The average molecular weight is 285 g/mol. The van der Waals surface area contributed by atoms with E-state index in [9.17, 15) is 14.4 Å². The van der Waals surface area contributed by atoms with Crippen LogP contribution in [-0.2, 0) is 9.53 Å². The van der Waals surface area contributed by atoms with Gasteiger partial charge in [-0.25, -0.2) is 4.79 Å². The van der Waals surface area contributed by atoms with Crippen LogP contribution in [0.3, 0.4) is 0 Å². The number of hydrogen-bond donors (Lipinski definition) is 2. The Balaban J connectivity index is 2.40. The van der Waals surface area contributed by atoms with E-state index in [0.29, 0.717) is 11.1 Å². The molecule has 0 bridgehead atoms. The molecule has 0 aliphatic carbocycles. The maximum absolute atomic E-state index is 11.9. The molecule has 0 unspecified atom stereocenters. The molecule has 0 atom stereocenters. The summed E-state index contributed by atoms with van der Waals surface area (Å²) in [5, 5.41) is 9.16. The van der Waals surface area contributed by atoms with Crippen molar-refractivity contribution in [3.05, 3.63) is 45.7 Å². The Kier molecular flexibility index (Phi) is 4.05. The van der Waals surface area contributed by atoms with Gasteiger partial charge in [-0.3, -0.25) is 9.59 Å². The summed E-state index contributed by atoms with van der Waals surface area (Å²) in [5.41, 5.74) is 0.220. The zero-order chi connectivity index (χ0) is 15.4. The van der Waals surface area contributed by atoms with E-state index in [4.69, 9.17) is 5.11 Å². The Morgan fingerprint density at radius 2 is 2.14 bits per heavy atom. The predicted molar refractivity (Wildman–Crippen MR) is 75.0 cm³/mol. The van der Waals surface area contributed by atoms with E-state index in [1.165, 1.54) is 13.2 Å². The molecular weight excluding hydrogens is 274 g/mol. The van der Waals surface area contributed by atoms with Crippen LogP contribution in [0.5, 0.6) is 0 Å². The van der Waals surface area contributed by atoms with Crippen LogP contribution in [0.2, 0.25) is 0 Å². The molecule has 2 N–H and O–H groups in total. The molecule has 0 spiro atoms. The van der Waals surface area contributed by atoms with Crippen molar-refractivity contribution < 1.29 is 19.4 Å². The molecule has 0 saturated heterocycles. The quantitative estimate of drug-likeness (QED) is 0.637. The van der Waals surface area contributed by atoms with Crippen LogP contribution < -0.4 is 5.43 Å². The number of rotatable bonds is 2. The zero-order valence-electron chi connectivity index (χ0n) is 11.1. The van der Waals surface area contributed by atoms with E-state index in [-0.39, 0.29) is 17.4 Å². The molecule has 0 radical (unpaired) electrons. The molecule has 0 saturated carbocycles. The molecule has 21 heavy (non-hydrogen) atoms. The zero-order valence-corrected chi connectivity index (χ0v) is 11.1. The third-order valence-electron chi connectivity index (χ3n) is 2.80.